The summed E-state index contributed by atoms with van der Waals surface area (Å²) in [4.78, 5) is 31.1. The molecule has 3 heterocycles. The molecule has 0 radical (unpaired) electrons. The standard InChI is InChI=1S/C25H26N2O4/c1-2-17-8-9-20-19(16-17)23(28)21-22(18-6-4-3-5-7-18)27(25(29)24(21)31-20)11-10-26-12-14-30-15-13-26/h3-9,16,22H,2,10-15H2,1H3. The lowest BCUT2D eigenvalue weighted by molar-refractivity contribution is 0.0314. The Morgan fingerprint density at radius 2 is 1.77 bits per heavy atom. The Kier molecular flexibility index (Phi) is 5.34. The Bertz CT molecular complexity index is 1170. The minimum Gasteiger partial charge on any atom is -0.450 e. The van der Waals surface area contributed by atoms with Crippen LogP contribution in [0.5, 0.6) is 0 Å². The highest BCUT2D eigenvalue weighted by atomic mass is 16.5. The van der Waals surface area contributed by atoms with Gasteiger partial charge in [-0.15, -0.1) is 0 Å². The second-order valence-electron chi connectivity index (χ2n) is 8.12. The molecular formula is C25H26N2O4. The molecule has 0 N–H and O–H groups in total. The molecule has 1 saturated heterocycles. The van der Waals surface area contributed by atoms with E-state index < -0.39 is 6.04 Å². The fourth-order valence-electron chi connectivity index (χ4n) is 4.57. The molecule has 2 aliphatic rings. The number of carbonyl (C=O) groups excluding carboxylic acids is 1. The van der Waals surface area contributed by atoms with Crippen LogP contribution in [-0.4, -0.2) is 55.1 Å². The number of ether oxygens (including phenoxy) is 1. The molecule has 5 rings (SSSR count). The van der Waals surface area contributed by atoms with Gasteiger partial charge >= 0.3 is 0 Å². The Morgan fingerprint density at radius 1 is 1.00 bits per heavy atom. The van der Waals surface area contributed by atoms with Crippen LogP contribution >= 0.6 is 0 Å². The molecule has 1 amide bonds. The minimum atomic E-state index is -0.435. The first-order valence-electron chi connectivity index (χ1n) is 10.9. The Balaban J connectivity index is 1.60. The molecule has 31 heavy (non-hydrogen) atoms. The summed E-state index contributed by atoms with van der Waals surface area (Å²) in [7, 11) is 0. The Labute approximate surface area is 181 Å². The number of morpholine rings is 1. The molecular weight excluding hydrogens is 392 g/mol. The predicted octanol–water partition coefficient (Wildman–Crippen LogP) is 3.23. The summed E-state index contributed by atoms with van der Waals surface area (Å²) in [5, 5.41) is 0.543. The van der Waals surface area contributed by atoms with E-state index >= 15 is 0 Å². The molecule has 3 aromatic rings. The van der Waals surface area contributed by atoms with Crippen molar-refractivity contribution in [3.05, 3.63) is 81.2 Å². The number of carbonyl (C=O) groups is 1. The van der Waals surface area contributed by atoms with Gasteiger partial charge in [-0.1, -0.05) is 43.3 Å². The van der Waals surface area contributed by atoms with Crippen molar-refractivity contribution < 1.29 is 13.9 Å². The summed E-state index contributed by atoms with van der Waals surface area (Å²) in [6, 6.07) is 15.0. The van der Waals surface area contributed by atoms with E-state index in [1.54, 1.807) is 11.0 Å². The van der Waals surface area contributed by atoms with Gasteiger partial charge in [0.2, 0.25) is 5.76 Å². The van der Waals surface area contributed by atoms with Gasteiger partial charge in [0.15, 0.2) is 5.43 Å². The van der Waals surface area contributed by atoms with E-state index in [0.29, 0.717) is 36.3 Å². The van der Waals surface area contributed by atoms with E-state index in [0.717, 1.165) is 37.2 Å². The summed E-state index contributed by atoms with van der Waals surface area (Å²) in [5.74, 6) is -0.0340. The maximum Gasteiger partial charge on any atom is 0.290 e. The zero-order valence-corrected chi connectivity index (χ0v) is 17.7. The van der Waals surface area contributed by atoms with Crippen molar-refractivity contribution >= 4 is 16.9 Å². The molecule has 6 heteroatoms. The van der Waals surface area contributed by atoms with Crippen molar-refractivity contribution in [2.45, 2.75) is 19.4 Å². The van der Waals surface area contributed by atoms with Gasteiger partial charge in [-0.05, 0) is 29.7 Å². The van der Waals surface area contributed by atoms with Crippen LogP contribution in [0.1, 0.15) is 40.2 Å². The average Bonchev–Trinajstić information content (AvgIpc) is 3.10. The molecule has 1 aromatic heterocycles. The fraction of sp³-hybridized carbons (Fsp3) is 0.360. The van der Waals surface area contributed by atoms with Crippen LogP contribution in [-0.2, 0) is 11.2 Å². The zero-order chi connectivity index (χ0) is 21.4. The first kappa shape index (κ1) is 20.0. The van der Waals surface area contributed by atoms with Crippen molar-refractivity contribution in [2.75, 3.05) is 39.4 Å². The molecule has 6 nitrogen and oxygen atoms in total. The summed E-state index contributed by atoms with van der Waals surface area (Å²) >= 11 is 0. The van der Waals surface area contributed by atoms with Crippen LogP contribution in [0.2, 0.25) is 0 Å². The van der Waals surface area contributed by atoms with Gasteiger partial charge in [-0.25, -0.2) is 0 Å². The molecule has 0 bridgehead atoms. The van der Waals surface area contributed by atoms with Gasteiger partial charge in [-0.3, -0.25) is 14.5 Å². The minimum absolute atomic E-state index is 0.109. The third-order valence-electron chi connectivity index (χ3n) is 6.31. The number of hydrogen-bond donors (Lipinski definition) is 0. The Morgan fingerprint density at radius 3 is 2.52 bits per heavy atom. The largest absolute Gasteiger partial charge is 0.450 e. The van der Waals surface area contributed by atoms with Crippen molar-refractivity contribution in [1.82, 2.24) is 9.80 Å². The number of nitrogens with zero attached hydrogens (tertiary/aromatic N) is 2. The molecule has 2 aromatic carbocycles. The van der Waals surface area contributed by atoms with Gasteiger partial charge in [0.25, 0.3) is 5.91 Å². The number of rotatable bonds is 5. The zero-order valence-electron chi connectivity index (χ0n) is 17.7. The smallest absolute Gasteiger partial charge is 0.290 e. The molecule has 0 saturated carbocycles. The first-order valence-corrected chi connectivity index (χ1v) is 10.9. The van der Waals surface area contributed by atoms with E-state index in [-0.39, 0.29) is 17.1 Å². The predicted molar refractivity (Wildman–Crippen MR) is 118 cm³/mol. The molecule has 1 fully saturated rings. The van der Waals surface area contributed by atoms with E-state index in [9.17, 15) is 9.59 Å². The van der Waals surface area contributed by atoms with Crippen LogP contribution in [0.4, 0.5) is 0 Å². The van der Waals surface area contributed by atoms with Crippen LogP contribution in [0.15, 0.2) is 57.7 Å². The molecule has 2 aliphatic heterocycles. The fourth-order valence-corrected chi connectivity index (χ4v) is 4.57. The van der Waals surface area contributed by atoms with Crippen molar-refractivity contribution in [3.8, 4) is 0 Å². The highest BCUT2D eigenvalue weighted by Gasteiger charge is 2.42. The SMILES string of the molecule is CCc1ccc2oc3c(c(=O)c2c1)C(c1ccccc1)N(CCN1CCOCC1)C3=O. The van der Waals surface area contributed by atoms with Crippen molar-refractivity contribution in [3.63, 3.8) is 0 Å². The van der Waals surface area contributed by atoms with E-state index in [2.05, 4.69) is 11.8 Å². The van der Waals surface area contributed by atoms with Gasteiger partial charge < -0.3 is 14.1 Å². The maximum atomic E-state index is 13.6. The lowest BCUT2D eigenvalue weighted by atomic mass is 9.98. The summed E-state index contributed by atoms with van der Waals surface area (Å²) < 4.78 is 11.5. The third-order valence-corrected chi connectivity index (χ3v) is 6.31. The van der Waals surface area contributed by atoms with Crippen molar-refractivity contribution in [1.29, 1.82) is 0 Å². The summed E-state index contributed by atoms with van der Waals surface area (Å²) in [5.41, 5.74) is 2.82. The van der Waals surface area contributed by atoms with Gasteiger partial charge in [0.05, 0.1) is 30.2 Å². The second-order valence-corrected chi connectivity index (χ2v) is 8.12. The Hall–Kier alpha value is -2.96. The molecule has 1 atom stereocenters. The molecule has 1 unspecified atom stereocenters. The first-order chi connectivity index (χ1) is 15.2. The van der Waals surface area contributed by atoms with E-state index in [1.807, 2.05) is 42.5 Å². The van der Waals surface area contributed by atoms with Crippen molar-refractivity contribution in [2.24, 2.45) is 0 Å². The van der Waals surface area contributed by atoms with Gasteiger partial charge in [0.1, 0.15) is 5.58 Å². The maximum absolute atomic E-state index is 13.6. The topological polar surface area (TPSA) is 63.0 Å². The van der Waals surface area contributed by atoms with E-state index in [1.165, 1.54) is 0 Å². The quantitative estimate of drug-likeness (QED) is 0.637. The lowest BCUT2D eigenvalue weighted by Crippen LogP contribution is -2.42. The molecule has 160 valence electrons. The lowest BCUT2D eigenvalue weighted by Gasteiger charge is -2.31. The number of aryl methyl sites for hydroxylation is 1. The van der Waals surface area contributed by atoms with Crippen LogP contribution in [0.25, 0.3) is 11.0 Å². The highest BCUT2D eigenvalue weighted by molar-refractivity contribution is 5.99. The third kappa shape index (κ3) is 3.56. The van der Waals surface area contributed by atoms with Gasteiger partial charge in [-0.2, -0.15) is 0 Å². The van der Waals surface area contributed by atoms with Gasteiger partial charge in [0, 0.05) is 26.2 Å². The highest BCUT2D eigenvalue weighted by Crippen LogP contribution is 2.38. The number of fused-ring (bicyclic) bond motifs is 2. The van der Waals surface area contributed by atoms with Crippen LogP contribution < -0.4 is 5.43 Å². The second kappa shape index (κ2) is 8.29. The average molecular weight is 418 g/mol. The van der Waals surface area contributed by atoms with Crippen LogP contribution in [0, 0.1) is 0 Å². The van der Waals surface area contributed by atoms with Crippen LogP contribution in [0.3, 0.4) is 0 Å². The molecule has 0 spiro atoms. The van der Waals surface area contributed by atoms with E-state index in [4.69, 9.17) is 9.15 Å². The monoisotopic (exact) mass is 418 g/mol. The number of amides is 1. The normalized spacial score (nSPS) is 19.2. The number of hydrogen-bond acceptors (Lipinski definition) is 5. The molecule has 0 aliphatic carbocycles. The summed E-state index contributed by atoms with van der Waals surface area (Å²) in [6.45, 7) is 6.44. The number of benzene rings is 2. The summed E-state index contributed by atoms with van der Waals surface area (Å²) in [6.07, 6.45) is 0.833.